The van der Waals surface area contributed by atoms with Gasteiger partial charge in [-0.25, -0.2) is 13.6 Å². The van der Waals surface area contributed by atoms with E-state index in [-0.39, 0.29) is 18.9 Å². The monoisotopic (exact) mass is 341 g/mol. The van der Waals surface area contributed by atoms with Crippen LogP contribution in [0, 0.1) is 11.6 Å². The van der Waals surface area contributed by atoms with E-state index < -0.39 is 35.5 Å². The van der Waals surface area contributed by atoms with Gasteiger partial charge in [-0.3, -0.25) is 4.90 Å². The smallest absolute Gasteiger partial charge is 0.411 e. The third kappa shape index (κ3) is 4.67. The lowest BCUT2D eigenvalue weighted by Crippen LogP contribution is -2.53. The second-order valence-electron chi connectivity index (χ2n) is 6.50. The van der Waals surface area contributed by atoms with Crippen LogP contribution >= 0.6 is 0 Å². The van der Waals surface area contributed by atoms with Crippen LogP contribution in [0.1, 0.15) is 20.8 Å². The van der Waals surface area contributed by atoms with Gasteiger partial charge in [-0.15, -0.1) is 0 Å². The van der Waals surface area contributed by atoms with E-state index >= 15 is 0 Å². The maximum absolute atomic E-state index is 13.3. The maximum Gasteiger partial charge on any atom is 0.411 e. The number of benzene rings is 1. The second kappa shape index (κ2) is 7.17. The van der Waals surface area contributed by atoms with Gasteiger partial charge in [-0.2, -0.15) is 0 Å². The molecule has 132 valence electrons. The normalized spacial score (nSPS) is 20.8. The van der Waals surface area contributed by atoms with E-state index in [0.29, 0.717) is 0 Å². The molecular formula is C17H21F2NO4. The van der Waals surface area contributed by atoms with Crippen LogP contribution in [0.15, 0.2) is 30.4 Å². The van der Waals surface area contributed by atoms with E-state index in [4.69, 9.17) is 9.47 Å². The van der Waals surface area contributed by atoms with E-state index in [0.717, 1.165) is 18.2 Å². The number of aliphatic hydroxyl groups excluding tert-OH is 1. The number of carbonyl (C=O) groups is 1. The lowest BCUT2D eigenvalue weighted by molar-refractivity contribution is -0.00585. The van der Waals surface area contributed by atoms with Gasteiger partial charge < -0.3 is 14.6 Å². The predicted octanol–water partition coefficient (Wildman–Crippen LogP) is 2.88. The van der Waals surface area contributed by atoms with Crippen molar-refractivity contribution in [3.8, 4) is 5.75 Å². The van der Waals surface area contributed by atoms with Gasteiger partial charge in [-0.1, -0.05) is 6.08 Å². The number of rotatable bonds is 3. The summed E-state index contributed by atoms with van der Waals surface area (Å²) in [5.41, 5.74) is -0.680. The number of nitrogens with zero attached hydrogens (tertiary/aromatic N) is 1. The highest BCUT2D eigenvalue weighted by Crippen LogP contribution is 2.23. The van der Waals surface area contributed by atoms with Crippen LogP contribution in [0.3, 0.4) is 0 Å². The fourth-order valence-electron chi connectivity index (χ4n) is 2.35. The van der Waals surface area contributed by atoms with Gasteiger partial charge >= 0.3 is 6.09 Å². The SMILES string of the molecule is CC(C)(C)OC(=O)N1CC=C[C@H](Oc2cc(F)cc(F)c2)[C@@H]1CO. The molecule has 0 aliphatic carbocycles. The first-order valence-corrected chi connectivity index (χ1v) is 7.59. The van der Waals surface area contributed by atoms with Gasteiger partial charge in [0.15, 0.2) is 0 Å². The van der Waals surface area contributed by atoms with E-state index in [1.165, 1.54) is 4.90 Å². The van der Waals surface area contributed by atoms with Crippen molar-refractivity contribution < 1.29 is 28.2 Å². The first-order chi connectivity index (χ1) is 11.2. The molecule has 1 aromatic carbocycles. The zero-order valence-electron chi connectivity index (χ0n) is 13.8. The molecule has 1 aliphatic heterocycles. The molecule has 2 atom stereocenters. The standard InChI is InChI=1S/C17H21F2NO4/c1-17(2,3)24-16(22)20-6-4-5-15(14(20)10-21)23-13-8-11(18)7-12(19)9-13/h4-5,7-9,14-15,21H,6,10H2,1-3H3/t14-,15-/m0/s1. The molecule has 0 fully saturated rings. The molecule has 0 aromatic heterocycles. The summed E-state index contributed by atoms with van der Waals surface area (Å²) in [6.45, 7) is 5.08. The molecule has 7 heteroatoms. The van der Waals surface area contributed by atoms with Crippen molar-refractivity contribution in [2.45, 2.75) is 38.5 Å². The molecule has 0 radical (unpaired) electrons. The number of amides is 1. The van der Waals surface area contributed by atoms with Gasteiger partial charge in [0.25, 0.3) is 0 Å². The molecule has 1 aromatic rings. The largest absolute Gasteiger partial charge is 0.484 e. The van der Waals surface area contributed by atoms with Crippen molar-refractivity contribution in [2.24, 2.45) is 0 Å². The summed E-state index contributed by atoms with van der Waals surface area (Å²) in [7, 11) is 0. The second-order valence-corrected chi connectivity index (χ2v) is 6.50. The molecule has 1 aliphatic rings. The van der Waals surface area contributed by atoms with Gasteiger partial charge in [0, 0.05) is 24.7 Å². The third-order valence-corrected chi connectivity index (χ3v) is 3.33. The average Bonchev–Trinajstić information content (AvgIpc) is 2.44. The van der Waals surface area contributed by atoms with Crippen molar-refractivity contribution in [3.05, 3.63) is 42.0 Å². The lowest BCUT2D eigenvalue weighted by Gasteiger charge is -2.37. The Morgan fingerprint density at radius 1 is 1.29 bits per heavy atom. The molecule has 2 rings (SSSR count). The number of hydrogen-bond donors (Lipinski definition) is 1. The number of carbonyl (C=O) groups excluding carboxylic acids is 1. The average molecular weight is 341 g/mol. The summed E-state index contributed by atoms with van der Waals surface area (Å²) in [5.74, 6) is -1.56. The Balaban J connectivity index is 2.16. The minimum absolute atomic E-state index is 0.0216. The number of aliphatic hydroxyl groups is 1. The summed E-state index contributed by atoms with van der Waals surface area (Å²) >= 11 is 0. The molecule has 0 saturated carbocycles. The fraction of sp³-hybridized carbons (Fsp3) is 0.471. The minimum atomic E-state index is -0.769. The van der Waals surface area contributed by atoms with E-state index in [1.54, 1.807) is 32.9 Å². The summed E-state index contributed by atoms with van der Waals surface area (Å²) in [5, 5.41) is 9.65. The van der Waals surface area contributed by atoms with Crippen molar-refractivity contribution in [1.82, 2.24) is 4.90 Å². The van der Waals surface area contributed by atoms with Gasteiger partial charge in [0.1, 0.15) is 29.1 Å². The first kappa shape index (κ1) is 18.2. The van der Waals surface area contributed by atoms with Crippen molar-refractivity contribution in [1.29, 1.82) is 0 Å². The molecule has 24 heavy (non-hydrogen) atoms. The van der Waals surface area contributed by atoms with Crippen LogP contribution in [0.4, 0.5) is 13.6 Å². The van der Waals surface area contributed by atoms with Gasteiger partial charge in [-0.05, 0) is 26.8 Å². The summed E-state index contributed by atoms with van der Waals surface area (Å²) in [4.78, 5) is 13.6. The van der Waals surface area contributed by atoms with Crippen molar-refractivity contribution in [3.63, 3.8) is 0 Å². The highest BCUT2D eigenvalue weighted by atomic mass is 19.1. The summed E-state index contributed by atoms with van der Waals surface area (Å²) in [6.07, 6.45) is 1.98. The van der Waals surface area contributed by atoms with Crippen LogP contribution in [0.5, 0.6) is 5.75 Å². The Labute approximate surface area is 139 Å². The van der Waals surface area contributed by atoms with Gasteiger partial charge in [0.2, 0.25) is 0 Å². The van der Waals surface area contributed by atoms with E-state index in [1.807, 2.05) is 0 Å². The highest BCUT2D eigenvalue weighted by Gasteiger charge is 2.35. The molecule has 0 bridgehead atoms. The first-order valence-electron chi connectivity index (χ1n) is 7.59. The van der Waals surface area contributed by atoms with Crippen LogP contribution in [-0.4, -0.2) is 47.0 Å². The molecule has 1 amide bonds. The molecular weight excluding hydrogens is 320 g/mol. The molecule has 5 nitrogen and oxygen atoms in total. The zero-order valence-corrected chi connectivity index (χ0v) is 13.8. The van der Waals surface area contributed by atoms with Crippen LogP contribution in [0.2, 0.25) is 0 Å². The Morgan fingerprint density at radius 3 is 2.46 bits per heavy atom. The minimum Gasteiger partial charge on any atom is -0.484 e. The van der Waals surface area contributed by atoms with Crippen molar-refractivity contribution in [2.75, 3.05) is 13.2 Å². The van der Waals surface area contributed by atoms with Crippen LogP contribution in [-0.2, 0) is 4.74 Å². The number of halogens is 2. The number of ether oxygens (including phenoxy) is 2. The van der Waals surface area contributed by atoms with Crippen molar-refractivity contribution >= 4 is 6.09 Å². The Bertz CT molecular complexity index is 607. The fourth-order valence-corrected chi connectivity index (χ4v) is 2.35. The maximum atomic E-state index is 13.3. The van der Waals surface area contributed by atoms with Crippen LogP contribution in [0.25, 0.3) is 0 Å². The third-order valence-electron chi connectivity index (χ3n) is 3.33. The van der Waals surface area contributed by atoms with Crippen LogP contribution < -0.4 is 4.74 Å². The summed E-state index contributed by atoms with van der Waals surface area (Å²) in [6, 6.07) is 2.09. The zero-order chi connectivity index (χ0) is 17.9. The Hall–Kier alpha value is -2.15. The highest BCUT2D eigenvalue weighted by molar-refractivity contribution is 5.69. The van der Waals surface area contributed by atoms with E-state index in [9.17, 15) is 18.7 Å². The number of hydrogen-bond acceptors (Lipinski definition) is 4. The Morgan fingerprint density at radius 2 is 1.92 bits per heavy atom. The molecule has 1 heterocycles. The Kier molecular flexibility index (Phi) is 5.43. The topological polar surface area (TPSA) is 59.0 Å². The van der Waals surface area contributed by atoms with Gasteiger partial charge in [0.05, 0.1) is 12.6 Å². The van der Waals surface area contributed by atoms with E-state index in [2.05, 4.69) is 0 Å². The lowest BCUT2D eigenvalue weighted by atomic mass is 10.1. The molecule has 0 unspecified atom stereocenters. The quantitative estimate of drug-likeness (QED) is 0.859. The molecule has 0 saturated heterocycles. The predicted molar refractivity (Wildman–Crippen MR) is 83.7 cm³/mol. The molecule has 0 spiro atoms. The molecule has 1 N–H and O–H groups in total. The summed E-state index contributed by atoms with van der Waals surface area (Å²) < 4.78 is 37.4.